The number of hydrogen-bond acceptors (Lipinski definition) is 2. The number of nitrogens with zero attached hydrogens (tertiary/aromatic N) is 1. The van der Waals surface area contributed by atoms with Gasteiger partial charge in [-0.2, -0.15) is 0 Å². The molecule has 0 unspecified atom stereocenters. The standard InChI is InChI=1S/C13H14ClFN2O2/c1-13(2)12(19)17(7-11(18)16-13)6-8-3-4-9(14)5-10(8)15/h3-5H,6-7H2,1-2H3,(H,16,18). The number of nitrogens with one attached hydrogen (secondary N) is 1. The number of benzene rings is 1. The van der Waals surface area contributed by atoms with E-state index in [1.54, 1.807) is 19.9 Å². The molecule has 4 nitrogen and oxygen atoms in total. The van der Waals surface area contributed by atoms with Crippen LogP contribution in [0.25, 0.3) is 0 Å². The van der Waals surface area contributed by atoms with E-state index in [1.807, 2.05) is 0 Å². The van der Waals surface area contributed by atoms with Crippen molar-refractivity contribution in [2.24, 2.45) is 0 Å². The van der Waals surface area contributed by atoms with E-state index >= 15 is 0 Å². The summed E-state index contributed by atoms with van der Waals surface area (Å²) in [6.07, 6.45) is 0. The Morgan fingerprint density at radius 1 is 1.42 bits per heavy atom. The van der Waals surface area contributed by atoms with Gasteiger partial charge in [0.25, 0.3) is 0 Å². The summed E-state index contributed by atoms with van der Waals surface area (Å²) in [5, 5.41) is 2.90. The van der Waals surface area contributed by atoms with Crippen LogP contribution in [0.2, 0.25) is 5.02 Å². The van der Waals surface area contributed by atoms with Crippen LogP contribution in [-0.2, 0) is 16.1 Å². The number of rotatable bonds is 2. The molecule has 1 aliphatic rings. The molecule has 1 aromatic rings. The van der Waals surface area contributed by atoms with Crippen LogP contribution < -0.4 is 5.32 Å². The van der Waals surface area contributed by atoms with E-state index in [9.17, 15) is 14.0 Å². The van der Waals surface area contributed by atoms with E-state index in [0.717, 1.165) is 0 Å². The Morgan fingerprint density at radius 3 is 2.74 bits per heavy atom. The Labute approximate surface area is 115 Å². The molecular formula is C13H14ClFN2O2. The lowest BCUT2D eigenvalue weighted by Gasteiger charge is -2.37. The number of carbonyl (C=O) groups excluding carboxylic acids is 2. The summed E-state index contributed by atoms with van der Waals surface area (Å²) in [4.78, 5) is 25.0. The van der Waals surface area contributed by atoms with Crippen LogP contribution in [0.4, 0.5) is 4.39 Å². The minimum Gasteiger partial charge on any atom is -0.341 e. The van der Waals surface area contributed by atoms with Gasteiger partial charge in [-0.15, -0.1) is 0 Å². The van der Waals surface area contributed by atoms with Crippen molar-refractivity contribution in [2.75, 3.05) is 6.54 Å². The average molecular weight is 285 g/mol. The first-order valence-corrected chi connectivity index (χ1v) is 6.22. The van der Waals surface area contributed by atoms with Gasteiger partial charge in [-0.3, -0.25) is 9.59 Å². The second-order valence-corrected chi connectivity index (χ2v) is 5.51. The van der Waals surface area contributed by atoms with Gasteiger partial charge >= 0.3 is 0 Å². The zero-order valence-corrected chi connectivity index (χ0v) is 11.4. The first-order chi connectivity index (χ1) is 8.79. The van der Waals surface area contributed by atoms with E-state index < -0.39 is 11.4 Å². The van der Waals surface area contributed by atoms with Crippen LogP contribution >= 0.6 is 11.6 Å². The molecule has 2 amide bonds. The zero-order valence-electron chi connectivity index (χ0n) is 10.7. The van der Waals surface area contributed by atoms with Crippen molar-refractivity contribution in [2.45, 2.75) is 25.9 Å². The molecule has 1 N–H and O–H groups in total. The van der Waals surface area contributed by atoms with Crippen LogP contribution in [0.5, 0.6) is 0 Å². The monoisotopic (exact) mass is 284 g/mol. The molecule has 2 rings (SSSR count). The van der Waals surface area contributed by atoms with Gasteiger partial charge < -0.3 is 10.2 Å². The van der Waals surface area contributed by atoms with Crippen LogP contribution in [0.3, 0.4) is 0 Å². The number of piperazine rings is 1. The predicted molar refractivity (Wildman–Crippen MR) is 69.0 cm³/mol. The average Bonchev–Trinajstić information content (AvgIpc) is 2.28. The second-order valence-electron chi connectivity index (χ2n) is 5.07. The van der Waals surface area contributed by atoms with Crippen molar-refractivity contribution in [3.8, 4) is 0 Å². The molecule has 19 heavy (non-hydrogen) atoms. The fraction of sp³-hybridized carbons (Fsp3) is 0.385. The lowest BCUT2D eigenvalue weighted by atomic mass is 10.00. The third kappa shape index (κ3) is 2.87. The molecule has 0 radical (unpaired) electrons. The number of halogens is 2. The van der Waals surface area contributed by atoms with Gasteiger partial charge in [0.2, 0.25) is 11.8 Å². The van der Waals surface area contributed by atoms with E-state index in [1.165, 1.54) is 17.0 Å². The highest BCUT2D eigenvalue weighted by Crippen LogP contribution is 2.19. The maximum Gasteiger partial charge on any atom is 0.248 e. The van der Waals surface area contributed by atoms with Crippen LogP contribution in [0.15, 0.2) is 18.2 Å². The number of hydrogen-bond donors (Lipinski definition) is 1. The fourth-order valence-corrected chi connectivity index (χ4v) is 2.22. The summed E-state index contributed by atoms with van der Waals surface area (Å²) in [6, 6.07) is 4.26. The molecule has 0 bridgehead atoms. The van der Waals surface area contributed by atoms with Crippen molar-refractivity contribution in [3.63, 3.8) is 0 Å². The molecule has 1 aliphatic heterocycles. The summed E-state index contributed by atoms with van der Waals surface area (Å²) < 4.78 is 13.7. The maximum absolute atomic E-state index is 13.7. The smallest absolute Gasteiger partial charge is 0.248 e. The Kier molecular flexibility index (Phi) is 3.49. The molecular weight excluding hydrogens is 271 g/mol. The molecule has 1 fully saturated rings. The molecule has 1 heterocycles. The quantitative estimate of drug-likeness (QED) is 0.899. The Balaban J connectivity index is 2.22. The molecule has 0 aliphatic carbocycles. The number of carbonyl (C=O) groups is 2. The molecule has 0 atom stereocenters. The third-order valence-corrected chi connectivity index (χ3v) is 3.22. The van der Waals surface area contributed by atoms with E-state index in [4.69, 9.17) is 11.6 Å². The first kappa shape index (κ1) is 13.8. The zero-order chi connectivity index (χ0) is 14.2. The summed E-state index contributed by atoms with van der Waals surface area (Å²) in [5.74, 6) is -0.968. The highest BCUT2D eigenvalue weighted by Gasteiger charge is 2.39. The second kappa shape index (κ2) is 4.81. The molecule has 0 spiro atoms. The highest BCUT2D eigenvalue weighted by atomic mass is 35.5. The van der Waals surface area contributed by atoms with Crippen LogP contribution in [0, 0.1) is 5.82 Å². The Morgan fingerprint density at radius 2 is 2.11 bits per heavy atom. The van der Waals surface area contributed by atoms with Crippen molar-refractivity contribution in [3.05, 3.63) is 34.6 Å². The summed E-state index contributed by atoms with van der Waals surface area (Å²) >= 11 is 5.67. The third-order valence-electron chi connectivity index (χ3n) is 2.98. The van der Waals surface area contributed by atoms with Crippen LogP contribution in [0.1, 0.15) is 19.4 Å². The summed E-state index contributed by atoms with van der Waals surface area (Å²) in [5.41, 5.74) is -0.624. The minimum atomic E-state index is -0.960. The minimum absolute atomic E-state index is 0.0543. The maximum atomic E-state index is 13.7. The lowest BCUT2D eigenvalue weighted by Crippen LogP contribution is -2.63. The molecule has 0 saturated carbocycles. The van der Waals surface area contributed by atoms with Gasteiger partial charge in [-0.05, 0) is 26.0 Å². The molecule has 102 valence electrons. The van der Waals surface area contributed by atoms with Gasteiger partial charge in [0.05, 0.1) is 6.54 Å². The SMILES string of the molecule is CC1(C)NC(=O)CN(Cc2ccc(Cl)cc2F)C1=O. The summed E-state index contributed by atoms with van der Waals surface area (Å²) in [6.45, 7) is 3.23. The Hall–Kier alpha value is -1.62. The fourth-order valence-electron chi connectivity index (χ4n) is 2.07. The van der Waals surface area contributed by atoms with Gasteiger partial charge in [-0.1, -0.05) is 17.7 Å². The van der Waals surface area contributed by atoms with Crippen molar-refractivity contribution in [1.29, 1.82) is 0 Å². The van der Waals surface area contributed by atoms with E-state index in [-0.39, 0.29) is 24.9 Å². The van der Waals surface area contributed by atoms with Crippen molar-refractivity contribution < 1.29 is 14.0 Å². The van der Waals surface area contributed by atoms with E-state index in [2.05, 4.69) is 5.32 Å². The summed E-state index contributed by atoms with van der Waals surface area (Å²) in [7, 11) is 0. The molecule has 0 aromatic heterocycles. The van der Waals surface area contributed by atoms with Crippen LogP contribution in [-0.4, -0.2) is 28.8 Å². The molecule has 1 aromatic carbocycles. The van der Waals surface area contributed by atoms with E-state index in [0.29, 0.717) is 10.6 Å². The molecule has 6 heteroatoms. The number of amides is 2. The first-order valence-electron chi connectivity index (χ1n) is 5.84. The van der Waals surface area contributed by atoms with Gasteiger partial charge in [0.1, 0.15) is 11.4 Å². The largest absolute Gasteiger partial charge is 0.341 e. The molecule has 1 saturated heterocycles. The predicted octanol–water partition coefficient (Wildman–Crippen LogP) is 1.72. The normalized spacial score (nSPS) is 18.4. The van der Waals surface area contributed by atoms with Gasteiger partial charge in [0, 0.05) is 17.1 Å². The van der Waals surface area contributed by atoms with Crippen molar-refractivity contribution >= 4 is 23.4 Å². The van der Waals surface area contributed by atoms with Crippen molar-refractivity contribution in [1.82, 2.24) is 10.2 Å². The topological polar surface area (TPSA) is 49.4 Å². The lowest BCUT2D eigenvalue weighted by molar-refractivity contribution is -0.149. The highest BCUT2D eigenvalue weighted by molar-refractivity contribution is 6.30. The van der Waals surface area contributed by atoms with Gasteiger partial charge in [-0.25, -0.2) is 4.39 Å². The van der Waals surface area contributed by atoms with Gasteiger partial charge in [0.15, 0.2) is 0 Å². The Bertz CT molecular complexity index is 545.